The molecule has 16 heavy (non-hydrogen) atoms. The van der Waals surface area contributed by atoms with E-state index in [2.05, 4.69) is 4.98 Å². The Balaban J connectivity index is 2.07. The van der Waals surface area contributed by atoms with Crippen LogP contribution in [0.4, 0.5) is 10.1 Å². The van der Waals surface area contributed by atoms with Gasteiger partial charge in [0.15, 0.2) is 0 Å². The van der Waals surface area contributed by atoms with E-state index in [4.69, 9.17) is 10.5 Å². The van der Waals surface area contributed by atoms with Crippen LogP contribution < -0.4 is 10.5 Å². The van der Waals surface area contributed by atoms with Crippen LogP contribution in [0.2, 0.25) is 0 Å². The van der Waals surface area contributed by atoms with Crippen molar-refractivity contribution >= 4 is 17.0 Å². The fourth-order valence-electron chi connectivity index (χ4n) is 1.24. The zero-order valence-corrected chi connectivity index (χ0v) is 9.55. The number of rotatable bonds is 3. The molecular weight excluding hydrogens is 227 g/mol. The highest BCUT2D eigenvalue weighted by molar-refractivity contribution is 7.09. The molecule has 0 bridgehead atoms. The maximum Gasteiger partial charge on any atom is 0.145 e. The highest BCUT2D eigenvalue weighted by Gasteiger charge is 2.04. The average molecular weight is 238 g/mol. The van der Waals surface area contributed by atoms with Gasteiger partial charge < -0.3 is 10.5 Å². The number of benzene rings is 1. The predicted octanol–water partition coefficient (Wildman–Crippen LogP) is 2.75. The van der Waals surface area contributed by atoms with E-state index < -0.39 is 0 Å². The molecule has 0 spiro atoms. The number of nitrogens with two attached hydrogens (primary N) is 1. The fraction of sp³-hybridized carbons (Fsp3) is 0.182. The summed E-state index contributed by atoms with van der Waals surface area (Å²) in [6.07, 6.45) is 0. The first-order valence-electron chi connectivity index (χ1n) is 4.74. The Morgan fingerprint density at radius 2 is 2.31 bits per heavy atom. The van der Waals surface area contributed by atoms with Crippen LogP contribution in [0.5, 0.6) is 5.75 Å². The SMILES string of the molecule is Cc1csc(COc2cc(F)ccc2N)n1. The van der Waals surface area contributed by atoms with Crippen molar-refractivity contribution in [2.24, 2.45) is 0 Å². The summed E-state index contributed by atoms with van der Waals surface area (Å²) in [5, 5.41) is 2.79. The van der Waals surface area contributed by atoms with Gasteiger partial charge in [-0.3, -0.25) is 0 Å². The van der Waals surface area contributed by atoms with Crippen LogP contribution in [-0.2, 0) is 6.61 Å². The Hall–Kier alpha value is -1.62. The molecule has 2 rings (SSSR count). The molecule has 0 aliphatic heterocycles. The number of hydrogen-bond donors (Lipinski definition) is 1. The Morgan fingerprint density at radius 3 is 3.00 bits per heavy atom. The maximum absolute atomic E-state index is 12.9. The largest absolute Gasteiger partial charge is 0.484 e. The van der Waals surface area contributed by atoms with Crippen molar-refractivity contribution in [3.05, 3.63) is 40.1 Å². The molecule has 0 saturated heterocycles. The Morgan fingerprint density at radius 1 is 1.50 bits per heavy atom. The molecule has 84 valence electrons. The maximum atomic E-state index is 12.9. The molecular formula is C11H11FN2OS. The molecule has 0 saturated carbocycles. The van der Waals surface area contributed by atoms with Crippen molar-refractivity contribution in [3.8, 4) is 5.75 Å². The van der Waals surface area contributed by atoms with Crippen molar-refractivity contribution in [3.63, 3.8) is 0 Å². The summed E-state index contributed by atoms with van der Waals surface area (Å²) in [4.78, 5) is 4.24. The van der Waals surface area contributed by atoms with Crippen molar-refractivity contribution < 1.29 is 9.13 Å². The number of nitrogens with zero attached hydrogens (tertiary/aromatic N) is 1. The summed E-state index contributed by atoms with van der Waals surface area (Å²) in [7, 11) is 0. The van der Waals surface area contributed by atoms with Crippen LogP contribution in [0.25, 0.3) is 0 Å². The molecule has 2 N–H and O–H groups in total. The van der Waals surface area contributed by atoms with Gasteiger partial charge in [-0.15, -0.1) is 11.3 Å². The molecule has 0 unspecified atom stereocenters. The minimum absolute atomic E-state index is 0.312. The first-order valence-corrected chi connectivity index (χ1v) is 5.62. The highest BCUT2D eigenvalue weighted by atomic mass is 32.1. The van der Waals surface area contributed by atoms with E-state index in [1.807, 2.05) is 12.3 Å². The van der Waals surface area contributed by atoms with Gasteiger partial charge in [-0.05, 0) is 19.1 Å². The minimum atomic E-state index is -0.362. The van der Waals surface area contributed by atoms with E-state index in [-0.39, 0.29) is 5.82 Å². The molecule has 0 radical (unpaired) electrons. The normalized spacial score (nSPS) is 10.4. The third-order valence-electron chi connectivity index (χ3n) is 1.99. The molecule has 1 heterocycles. The van der Waals surface area contributed by atoms with Crippen LogP contribution in [-0.4, -0.2) is 4.98 Å². The quantitative estimate of drug-likeness (QED) is 0.836. The van der Waals surface area contributed by atoms with Gasteiger partial charge in [-0.2, -0.15) is 0 Å². The molecule has 1 aromatic carbocycles. The average Bonchev–Trinajstić information content (AvgIpc) is 2.66. The Labute approximate surface area is 96.7 Å². The fourth-order valence-corrected chi connectivity index (χ4v) is 1.92. The molecule has 0 atom stereocenters. The molecule has 1 aromatic heterocycles. The topological polar surface area (TPSA) is 48.1 Å². The Bertz CT molecular complexity index is 498. The standard InChI is InChI=1S/C11H11FN2OS/c1-7-6-16-11(14-7)5-15-10-4-8(12)2-3-9(10)13/h2-4,6H,5,13H2,1H3. The number of halogens is 1. The predicted molar refractivity (Wildman–Crippen MR) is 62.0 cm³/mol. The van der Waals surface area contributed by atoms with Gasteiger partial charge in [-0.1, -0.05) is 0 Å². The van der Waals surface area contributed by atoms with Gasteiger partial charge in [0.05, 0.1) is 5.69 Å². The second-order valence-corrected chi connectivity index (χ2v) is 4.30. The lowest BCUT2D eigenvalue weighted by Crippen LogP contribution is -1.99. The van der Waals surface area contributed by atoms with E-state index in [0.29, 0.717) is 18.0 Å². The summed E-state index contributed by atoms with van der Waals surface area (Å²) in [6.45, 7) is 2.22. The number of aryl methyl sites for hydroxylation is 1. The third kappa shape index (κ3) is 2.49. The second kappa shape index (κ2) is 4.49. The van der Waals surface area contributed by atoms with E-state index in [0.717, 1.165) is 10.7 Å². The van der Waals surface area contributed by atoms with Gasteiger partial charge in [0.1, 0.15) is 23.2 Å². The van der Waals surface area contributed by atoms with Crippen LogP contribution in [0.3, 0.4) is 0 Å². The third-order valence-corrected chi connectivity index (χ3v) is 2.93. The summed E-state index contributed by atoms with van der Waals surface area (Å²) in [6, 6.07) is 4.06. The van der Waals surface area contributed by atoms with Crippen LogP contribution in [0.15, 0.2) is 23.6 Å². The number of hydrogen-bond acceptors (Lipinski definition) is 4. The number of nitrogen functional groups attached to an aromatic ring is 1. The first kappa shape index (κ1) is 10.9. The zero-order valence-electron chi connectivity index (χ0n) is 8.74. The minimum Gasteiger partial charge on any atom is -0.484 e. The van der Waals surface area contributed by atoms with E-state index in [9.17, 15) is 4.39 Å². The van der Waals surface area contributed by atoms with E-state index in [1.54, 1.807) is 0 Å². The van der Waals surface area contributed by atoms with Crippen molar-refractivity contribution in [1.82, 2.24) is 4.98 Å². The van der Waals surface area contributed by atoms with Crippen LogP contribution in [0.1, 0.15) is 10.7 Å². The van der Waals surface area contributed by atoms with Crippen LogP contribution in [0, 0.1) is 12.7 Å². The molecule has 0 fully saturated rings. The van der Waals surface area contributed by atoms with Crippen molar-refractivity contribution in [1.29, 1.82) is 0 Å². The van der Waals surface area contributed by atoms with Gasteiger partial charge in [0.2, 0.25) is 0 Å². The molecule has 0 aliphatic carbocycles. The second-order valence-electron chi connectivity index (χ2n) is 3.35. The number of anilines is 1. The van der Waals surface area contributed by atoms with E-state index >= 15 is 0 Å². The number of aromatic nitrogens is 1. The molecule has 5 heteroatoms. The van der Waals surface area contributed by atoms with Crippen LogP contribution >= 0.6 is 11.3 Å². The van der Waals surface area contributed by atoms with E-state index in [1.165, 1.54) is 29.5 Å². The summed E-state index contributed by atoms with van der Waals surface area (Å²) in [5.74, 6) is -0.00706. The van der Waals surface area contributed by atoms with Gasteiger partial charge in [0, 0.05) is 17.1 Å². The highest BCUT2D eigenvalue weighted by Crippen LogP contribution is 2.23. The van der Waals surface area contributed by atoms with Gasteiger partial charge in [-0.25, -0.2) is 9.37 Å². The molecule has 3 nitrogen and oxygen atoms in total. The summed E-state index contributed by atoms with van der Waals surface area (Å²) < 4.78 is 18.3. The monoisotopic (exact) mass is 238 g/mol. The number of thiazole rings is 1. The Kier molecular flexibility index (Phi) is 3.05. The lowest BCUT2D eigenvalue weighted by Gasteiger charge is -2.06. The zero-order chi connectivity index (χ0) is 11.5. The van der Waals surface area contributed by atoms with Gasteiger partial charge >= 0.3 is 0 Å². The lowest BCUT2D eigenvalue weighted by atomic mass is 10.3. The smallest absolute Gasteiger partial charge is 0.145 e. The molecule has 0 amide bonds. The van der Waals surface area contributed by atoms with Crippen molar-refractivity contribution in [2.75, 3.05) is 5.73 Å². The summed E-state index contributed by atoms with van der Waals surface area (Å²) >= 11 is 1.51. The number of ether oxygens (including phenoxy) is 1. The lowest BCUT2D eigenvalue weighted by molar-refractivity contribution is 0.305. The first-order chi connectivity index (χ1) is 7.65. The summed E-state index contributed by atoms with van der Waals surface area (Å²) in [5.41, 5.74) is 7.03. The van der Waals surface area contributed by atoms with Gasteiger partial charge in [0.25, 0.3) is 0 Å². The molecule has 0 aliphatic rings. The molecule has 2 aromatic rings. The van der Waals surface area contributed by atoms with Crippen molar-refractivity contribution in [2.45, 2.75) is 13.5 Å².